The van der Waals surface area contributed by atoms with Crippen LogP contribution in [0.5, 0.6) is 5.75 Å². The monoisotopic (exact) mass is 483 g/mol. The van der Waals surface area contributed by atoms with Gasteiger partial charge in [-0.25, -0.2) is 4.79 Å². The summed E-state index contributed by atoms with van der Waals surface area (Å²) >= 11 is 1.31. The van der Waals surface area contributed by atoms with E-state index in [4.69, 9.17) is 14.9 Å². The summed E-state index contributed by atoms with van der Waals surface area (Å²) in [6, 6.07) is 9.68. The van der Waals surface area contributed by atoms with E-state index in [0.29, 0.717) is 10.6 Å². The molecule has 0 atom stereocenters. The predicted octanol–water partition coefficient (Wildman–Crippen LogP) is 3.11. The van der Waals surface area contributed by atoms with Gasteiger partial charge in [-0.2, -0.15) is 0 Å². The summed E-state index contributed by atoms with van der Waals surface area (Å²) in [6.07, 6.45) is 1.81. The largest absolute Gasteiger partial charge is 0.480 e. The van der Waals surface area contributed by atoms with Crippen molar-refractivity contribution in [1.29, 1.82) is 5.41 Å². The number of thioether (sulfide) groups is 1. The first-order chi connectivity index (χ1) is 16.2. The average Bonchev–Trinajstić information content (AvgIpc) is 3.11. The van der Waals surface area contributed by atoms with Gasteiger partial charge < -0.3 is 19.7 Å². The van der Waals surface area contributed by atoms with Crippen LogP contribution in [0, 0.1) is 5.41 Å². The topological polar surface area (TPSA) is 126 Å². The van der Waals surface area contributed by atoms with Gasteiger partial charge in [0.1, 0.15) is 5.75 Å². The highest BCUT2D eigenvalue weighted by Gasteiger charge is 2.29. The van der Waals surface area contributed by atoms with E-state index in [1.165, 1.54) is 41.8 Å². The van der Waals surface area contributed by atoms with Crippen molar-refractivity contribution in [2.24, 2.45) is 0 Å². The highest BCUT2D eigenvalue weighted by molar-refractivity contribution is 8.13. The highest BCUT2D eigenvalue weighted by atomic mass is 32.2. The predicted molar refractivity (Wildman–Crippen MR) is 129 cm³/mol. The first-order valence-electron chi connectivity index (χ1n) is 10.5. The Kier molecular flexibility index (Phi) is 8.06. The van der Waals surface area contributed by atoms with E-state index in [0.717, 1.165) is 11.1 Å². The minimum absolute atomic E-state index is 0.147. The number of carbonyl (C=O) groups is 4. The van der Waals surface area contributed by atoms with Crippen LogP contribution in [-0.2, 0) is 20.9 Å². The maximum atomic E-state index is 13.0. The molecule has 2 N–H and O–H groups in total. The first-order valence-corrected chi connectivity index (χ1v) is 11.7. The molecule has 2 amide bonds. The molecule has 3 rings (SSSR count). The molecule has 1 aliphatic rings. The van der Waals surface area contributed by atoms with Crippen molar-refractivity contribution in [2.45, 2.75) is 20.4 Å². The van der Waals surface area contributed by atoms with E-state index >= 15 is 0 Å². The highest BCUT2D eigenvalue weighted by Crippen LogP contribution is 2.28. The van der Waals surface area contributed by atoms with Crippen LogP contribution in [0.25, 0.3) is 0 Å². The van der Waals surface area contributed by atoms with Gasteiger partial charge >= 0.3 is 5.97 Å². The quantitative estimate of drug-likeness (QED) is 0.243. The zero-order valence-corrected chi connectivity index (χ0v) is 19.9. The van der Waals surface area contributed by atoms with Gasteiger partial charge in [0.15, 0.2) is 12.4 Å². The molecule has 0 spiro atoms. The Morgan fingerprint density at radius 3 is 2.56 bits per heavy atom. The Morgan fingerprint density at radius 1 is 1.15 bits per heavy atom. The van der Waals surface area contributed by atoms with Crippen LogP contribution >= 0.6 is 11.8 Å². The summed E-state index contributed by atoms with van der Waals surface area (Å²) < 4.78 is 10.3. The fourth-order valence-corrected chi connectivity index (χ4v) is 3.85. The van der Waals surface area contributed by atoms with E-state index in [-0.39, 0.29) is 60.9 Å². The van der Waals surface area contributed by atoms with Crippen LogP contribution in [0.15, 0.2) is 36.4 Å². The molecule has 34 heavy (non-hydrogen) atoms. The molecular weight excluding hydrogens is 458 g/mol. The Bertz CT molecular complexity index is 1160. The number of nitrogens with zero attached hydrogens (tertiary/aromatic N) is 1. The van der Waals surface area contributed by atoms with Crippen molar-refractivity contribution in [3.8, 4) is 5.75 Å². The molecule has 2 aromatic carbocycles. The van der Waals surface area contributed by atoms with E-state index in [2.05, 4.69) is 5.32 Å². The number of hydrogen-bond donors (Lipinski definition) is 2. The number of amides is 2. The second-order valence-corrected chi connectivity index (χ2v) is 8.29. The zero-order chi connectivity index (χ0) is 24.8. The number of nitrogens with one attached hydrogen (secondary N) is 2. The first kappa shape index (κ1) is 25.0. The zero-order valence-electron chi connectivity index (χ0n) is 19.1. The van der Waals surface area contributed by atoms with Crippen molar-refractivity contribution < 1.29 is 28.7 Å². The Labute approximate surface area is 201 Å². The SMILES string of the molecule is CCOC(=O)COc1ccc(C(=O)CN2Cc3cc(C(=N)SC)ccc3C2=O)cc1NC(C)=O. The maximum Gasteiger partial charge on any atom is 0.344 e. The second kappa shape index (κ2) is 11.0. The molecule has 10 heteroatoms. The fourth-order valence-electron chi connectivity index (χ4n) is 3.49. The van der Waals surface area contributed by atoms with Crippen LogP contribution in [-0.4, -0.2) is 59.5 Å². The second-order valence-electron chi connectivity index (χ2n) is 7.48. The number of carbonyl (C=O) groups excluding carboxylic acids is 4. The van der Waals surface area contributed by atoms with Crippen LogP contribution in [0.1, 0.15) is 45.7 Å². The van der Waals surface area contributed by atoms with E-state index < -0.39 is 5.97 Å². The number of hydrogen-bond acceptors (Lipinski definition) is 8. The van der Waals surface area contributed by atoms with Crippen LogP contribution in [0.3, 0.4) is 0 Å². The lowest BCUT2D eigenvalue weighted by atomic mass is 10.1. The fraction of sp³-hybridized carbons (Fsp3) is 0.292. The van der Waals surface area contributed by atoms with Gasteiger partial charge in [0, 0.05) is 30.2 Å². The number of ketones is 1. The molecule has 0 aliphatic carbocycles. The summed E-state index contributed by atoms with van der Waals surface area (Å²) in [7, 11) is 0. The lowest BCUT2D eigenvalue weighted by molar-refractivity contribution is -0.145. The molecule has 0 saturated heterocycles. The average molecular weight is 484 g/mol. The smallest absolute Gasteiger partial charge is 0.344 e. The Balaban J connectivity index is 1.74. The van der Waals surface area contributed by atoms with E-state index in [1.54, 1.807) is 25.1 Å². The lowest BCUT2D eigenvalue weighted by Crippen LogP contribution is -2.30. The van der Waals surface area contributed by atoms with Crippen molar-refractivity contribution in [3.63, 3.8) is 0 Å². The van der Waals surface area contributed by atoms with Crippen molar-refractivity contribution >= 4 is 46.1 Å². The Hall–Kier alpha value is -3.66. The number of benzene rings is 2. The van der Waals surface area contributed by atoms with Gasteiger partial charge in [0.2, 0.25) is 5.91 Å². The number of rotatable bonds is 9. The molecule has 0 aromatic heterocycles. The maximum absolute atomic E-state index is 13.0. The van der Waals surface area contributed by atoms with Gasteiger partial charge in [-0.15, -0.1) is 11.8 Å². The third kappa shape index (κ3) is 5.82. The lowest BCUT2D eigenvalue weighted by Gasteiger charge is -2.16. The molecule has 0 radical (unpaired) electrons. The van der Waals surface area contributed by atoms with Gasteiger partial charge in [0.25, 0.3) is 5.91 Å². The number of anilines is 1. The molecule has 9 nitrogen and oxygen atoms in total. The molecule has 178 valence electrons. The molecule has 1 heterocycles. The van der Waals surface area contributed by atoms with Gasteiger partial charge in [-0.05, 0) is 49.1 Å². The summed E-state index contributed by atoms with van der Waals surface area (Å²) in [5, 5.41) is 11.0. The summed E-state index contributed by atoms with van der Waals surface area (Å²) in [5.41, 5.74) is 2.54. The number of fused-ring (bicyclic) bond motifs is 1. The van der Waals surface area contributed by atoms with Gasteiger partial charge in [0.05, 0.1) is 23.9 Å². The normalized spacial score (nSPS) is 12.2. The van der Waals surface area contributed by atoms with Crippen molar-refractivity contribution in [3.05, 3.63) is 58.7 Å². The minimum Gasteiger partial charge on any atom is -0.480 e. The molecule has 0 fully saturated rings. The third-order valence-corrected chi connectivity index (χ3v) is 5.69. The third-order valence-electron chi connectivity index (χ3n) is 5.05. The van der Waals surface area contributed by atoms with Crippen LogP contribution in [0.4, 0.5) is 5.69 Å². The number of ether oxygens (including phenoxy) is 2. The summed E-state index contributed by atoms with van der Waals surface area (Å²) in [5.74, 6) is -1.28. The summed E-state index contributed by atoms with van der Waals surface area (Å²) in [4.78, 5) is 50.4. The van der Waals surface area contributed by atoms with Crippen molar-refractivity contribution in [1.82, 2.24) is 4.90 Å². The standard InChI is InChI=1S/C24H25N3O6S/c1-4-32-22(30)13-33-21-8-6-15(10-19(21)26-14(2)28)20(29)12-27-11-17-9-16(23(25)34-3)5-7-18(17)24(27)31/h5-10,25H,4,11-13H2,1-3H3,(H,26,28). The van der Waals surface area contributed by atoms with E-state index in [1.807, 2.05) is 6.26 Å². The Morgan fingerprint density at radius 2 is 1.88 bits per heavy atom. The molecule has 2 aromatic rings. The van der Waals surface area contributed by atoms with E-state index in [9.17, 15) is 19.2 Å². The van der Waals surface area contributed by atoms with Gasteiger partial charge in [-0.1, -0.05) is 6.07 Å². The van der Waals surface area contributed by atoms with Gasteiger partial charge in [-0.3, -0.25) is 19.8 Å². The van der Waals surface area contributed by atoms with Crippen LogP contribution < -0.4 is 10.1 Å². The molecule has 0 bridgehead atoms. The molecule has 0 unspecified atom stereocenters. The van der Waals surface area contributed by atoms with Crippen LogP contribution in [0.2, 0.25) is 0 Å². The van der Waals surface area contributed by atoms with Crippen molar-refractivity contribution in [2.75, 3.05) is 31.3 Å². The minimum atomic E-state index is -0.556. The number of esters is 1. The number of Topliss-reactive ketones (excluding diaryl/α,β-unsaturated/α-hetero) is 1. The molecule has 1 aliphatic heterocycles. The molecular formula is C24H25N3O6S. The summed E-state index contributed by atoms with van der Waals surface area (Å²) in [6.45, 7) is 2.99. The molecule has 0 saturated carbocycles.